The van der Waals surface area contributed by atoms with E-state index in [1.54, 1.807) is 30.3 Å². The zero-order valence-electron chi connectivity index (χ0n) is 15.9. The fourth-order valence-corrected chi connectivity index (χ4v) is 3.39. The van der Waals surface area contributed by atoms with Crippen LogP contribution in [0.15, 0.2) is 34.9 Å². The predicted molar refractivity (Wildman–Crippen MR) is 104 cm³/mol. The summed E-state index contributed by atoms with van der Waals surface area (Å²) in [6.07, 6.45) is 0. The lowest BCUT2D eigenvalue weighted by molar-refractivity contribution is -0.171. The average Bonchev–Trinajstić information content (AvgIpc) is 3.04. The van der Waals surface area contributed by atoms with E-state index in [1.165, 1.54) is 20.8 Å². The number of aliphatic carboxylic acids is 1. The molecule has 9 nitrogen and oxygen atoms in total. The quantitative estimate of drug-likeness (QED) is 0.367. The van der Waals surface area contributed by atoms with Gasteiger partial charge in [0.15, 0.2) is 12.1 Å². The molecule has 1 aromatic carbocycles. The van der Waals surface area contributed by atoms with Gasteiger partial charge in [-0.15, -0.1) is 0 Å². The van der Waals surface area contributed by atoms with Crippen LogP contribution in [0.4, 0.5) is 0 Å². The number of carboxylic acids is 1. The molecule has 0 bridgehead atoms. The van der Waals surface area contributed by atoms with Crippen LogP contribution in [-0.2, 0) is 14.4 Å². The molecule has 2 N–H and O–H groups in total. The molecule has 2 heterocycles. The molecule has 3 rings (SSSR count). The maximum Gasteiger partial charge on any atom is 0.328 e. The van der Waals surface area contributed by atoms with E-state index < -0.39 is 40.5 Å². The largest absolute Gasteiger partial charge is 0.480 e. The van der Waals surface area contributed by atoms with E-state index in [1.807, 2.05) is 0 Å². The van der Waals surface area contributed by atoms with Crippen molar-refractivity contribution in [1.82, 2.24) is 15.4 Å². The minimum atomic E-state index is -1.47. The summed E-state index contributed by atoms with van der Waals surface area (Å²) in [5.74, 6) is -3.48. The smallest absolute Gasteiger partial charge is 0.328 e. The van der Waals surface area contributed by atoms with Gasteiger partial charge >= 0.3 is 5.97 Å². The van der Waals surface area contributed by atoms with Crippen LogP contribution in [0.25, 0.3) is 11.3 Å². The second kappa shape index (κ2) is 7.36. The van der Waals surface area contributed by atoms with Crippen LogP contribution in [-0.4, -0.2) is 55.7 Å². The van der Waals surface area contributed by atoms with Crippen LogP contribution in [0.2, 0.25) is 0 Å². The number of hydrogen-bond donors (Lipinski definition) is 3. The number of likely N-dealkylation sites (tertiary alicyclic amines) is 1. The Labute approximate surface area is 171 Å². The van der Waals surface area contributed by atoms with Gasteiger partial charge in [-0.2, -0.15) is 12.6 Å². The van der Waals surface area contributed by atoms with E-state index in [0.29, 0.717) is 10.5 Å². The molecule has 0 aliphatic carbocycles. The van der Waals surface area contributed by atoms with Gasteiger partial charge in [0.2, 0.25) is 0 Å². The molecular formula is C19H19N3O6S. The molecule has 1 fully saturated rings. The number of rotatable bonds is 6. The summed E-state index contributed by atoms with van der Waals surface area (Å²) >= 11 is 4.18. The molecule has 0 spiro atoms. The van der Waals surface area contributed by atoms with Crippen LogP contribution in [0, 0.1) is 6.92 Å². The van der Waals surface area contributed by atoms with E-state index in [0.717, 1.165) is 0 Å². The third-order valence-electron chi connectivity index (χ3n) is 4.54. The highest BCUT2D eigenvalue weighted by molar-refractivity contribution is 7.81. The molecule has 0 unspecified atom stereocenters. The molecule has 1 aromatic heterocycles. The molecule has 1 saturated heterocycles. The van der Waals surface area contributed by atoms with E-state index in [4.69, 9.17) is 4.52 Å². The normalized spacial score (nSPS) is 15.8. The predicted octanol–water partition coefficient (Wildman–Crippen LogP) is 1.28. The number of thiol groups is 1. The Morgan fingerprint density at radius 2 is 1.83 bits per heavy atom. The number of aryl methyl sites for hydroxylation is 1. The first-order valence-corrected chi connectivity index (χ1v) is 9.13. The molecule has 1 atom stereocenters. The van der Waals surface area contributed by atoms with Gasteiger partial charge in [-0.25, -0.2) is 4.79 Å². The van der Waals surface area contributed by atoms with E-state index in [-0.39, 0.29) is 17.0 Å². The van der Waals surface area contributed by atoms with Crippen LogP contribution in [0.1, 0.15) is 30.0 Å². The topological polar surface area (TPSA) is 130 Å². The molecule has 10 heteroatoms. The number of β-lactam (4-membered cyclic amide) rings is 2. The minimum absolute atomic E-state index is 0.0968. The maximum atomic E-state index is 12.8. The lowest BCUT2D eigenvalue weighted by Crippen LogP contribution is -2.74. The first kappa shape index (κ1) is 20.6. The molecule has 3 amide bonds. The van der Waals surface area contributed by atoms with Crippen molar-refractivity contribution in [3.63, 3.8) is 0 Å². The van der Waals surface area contributed by atoms with Crippen molar-refractivity contribution in [1.29, 1.82) is 0 Å². The summed E-state index contributed by atoms with van der Waals surface area (Å²) < 4.78 is 3.95. The van der Waals surface area contributed by atoms with Crippen molar-refractivity contribution in [2.45, 2.75) is 37.6 Å². The molecule has 0 saturated carbocycles. The fraction of sp³-hybridized carbons (Fsp3) is 0.316. The molecule has 152 valence electrons. The SMILES string of the molecule is Cc1onc(-c2ccccc2)c1C(=O)NC1C(=O)N([C@@H](C(=O)O)C(C)(C)S)C1=O. The highest BCUT2D eigenvalue weighted by Gasteiger charge is 2.56. The van der Waals surface area contributed by atoms with Crippen molar-refractivity contribution in [2.24, 2.45) is 0 Å². The van der Waals surface area contributed by atoms with Crippen molar-refractivity contribution >= 4 is 36.3 Å². The highest BCUT2D eigenvalue weighted by Crippen LogP contribution is 2.30. The van der Waals surface area contributed by atoms with Gasteiger partial charge in [-0.3, -0.25) is 19.3 Å². The number of carboxylic acid groups (broad SMARTS) is 1. The van der Waals surface area contributed by atoms with Crippen LogP contribution in [0.3, 0.4) is 0 Å². The van der Waals surface area contributed by atoms with Gasteiger partial charge < -0.3 is 14.9 Å². The van der Waals surface area contributed by atoms with Gasteiger partial charge in [0.25, 0.3) is 17.7 Å². The summed E-state index contributed by atoms with van der Waals surface area (Å²) in [5.41, 5.74) is 1.00. The summed E-state index contributed by atoms with van der Waals surface area (Å²) in [7, 11) is 0. The van der Waals surface area contributed by atoms with Gasteiger partial charge in [-0.1, -0.05) is 35.5 Å². The van der Waals surface area contributed by atoms with Crippen molar-refractivity contribution in [2.75, 3.05) is 0 Å². The second-order valence-electron chi connectivity index (χ2n) is 7.18. The number of hydrogen-bond acceptors (Lipinski definition) is 7. The number of benzene rings is 1. The summed E-state index contributed by atoms with van der Waals surface area (Å²) in [5, 5.41) is 15.6. The molecular weight excluding hydrogens is 398 g/mol. The number of nitrogens with one attached hydrogen (secondary N) is 1. The Morgan fingerprint density at radius 1 is 1.24 bits per heavy atom. The molecule has 2 aromatic rings. The molecule has 1 aliphatic heterocycles. The van der Waals surface area contributed by atoms with Crippen molar-refractivity contribution in [3.05, 3.63) is 41.7 Å². The molecule has 29 heavy (non-hydrogen) atoms. The monoisotopic (exact) mass is 417 g/mol. The Hall–Kier alpha value is -3.14. The van der Waals surface area contributed by atoms with Crippen LogP contribution < -0.4 is 5.32 Å². The number of nitrogens with zero attached hydrogens (tertiary/aromatic N) is 2. The van der Waals surface area contributed by atoms with Crippen LogP contribution >= 0.6 is 12.6 Å². The van der Waals surface area contributed by atoms with Gasteiger partial charge in [-0.05, 0) is 20.8 Å². The molecule has 0 radical (unpaired) electrons. The van der Waals surface area contributed by atoms with Crippen LogP contribution in [0.5, 0.6) is 0 Å². The first-order chi connectivity index (χ1) is 13.5. The minimum Gasteiger partial charge on any atom is -0.480 e. The average molecular weight is 417 g/mol. The van der Waals surface area contributed by atoms with Gasteiger partial charge in [0, 0.05) is 10.3 Å². The fourth-order valence-electron chi connectivity index (χ4n) is 3.17. The Bertz CT molecular complexity index is 979. The Kier molecular flexibility index (Phi) is 5.22. The number of amides is 3. The Morgan fingerprint density at radius 3 is 2.34 bits per heavy atom. The number of carbonyl (C=O) groups excluding carboxylic acids is 3. The van der Waals surface area contributed by atoms with Crippen molar-refractivity contribution < 1.29 is 28.8 Å². The summed E-state index contributed by atoms with van der Waals surface area (Å²) in [6, 6.07) is 5.88. The third-order valence-corrected chi connectivity index (χ3v) is 4.79. The zero-order chi connectivity index (χ0) is 21.5. The number of carbonyl (C=O) groups is 4. The summed E-state index contributed by atoms with van der Waals surface area (Å²) in [4.78, 5) is 49.8. The molecule has 1 aliphatic rings. The number of aromatic nitrogens is 1. The maximum absolute atomic E-state index is 12.8. The second-order valence-corrected chi connectivity index (χ2v) is 8.33. The Balaban J connectivity index is 1.82. The lowest BCUT2D eigenvalue weighted by atomic mass is 9.94. The van der Waals surface area contributed by atoms with E-state index >= 15 is 0 Å². The van der Waals surface area contributed by atoms with Gasteiger partial charge in [0.1, 0.15) is 17.0 Å². The van der Waals surface area contributed by atoms with E-state index in [2.05, 4.69) is 23.1 Å². The first-order valence-electron chi connectivity index (χ1n) is 8.68. The number of imide groups is 1. The highest BCUT2D eigenvalue weighted by atomic mass is 32.1. The van der Waals surface area contributed by atoms with E-state index in [9.17, 15) is 24.3 Å². The standard InChI is InChI=1S/C19H19N3O6S/c1-9-11(12(21-28-9)10-7-5-4-6-8-10)15(23)20-13-16(24)22(17(13)25)14(18(26)27)19(2,3)29/h4-8,13-14,29H,1-3H3,(H,20,23)(H,26,27)/t14-/m0/s1. The lowest BCUT2D eigenvalue weighted by Gasteiger charge is -2.43. The third kappa shape index (κ3) is 3.63. The summed E-state index contributed by atoms with van der Waals surface area (Å²) in [6.45, 7) is 4.50. The van der Waals surface area contributed by atoms with Crippen molar-refractivity contribution in [3.8, 4) is 11.3 Å². The zero-order valence-corrected chi connectivity index (χ0v) is 16.8. The van der Waals surface area contributed by atoms with Gasteiger partial charge in [0.05, 0.1) is 0 Å².